The smallest absolute Gasteiger partial charge is 0.122 e. The quantitative estimate of drug-likeness (QED) is 0.431. The summed E-state index contributed by atoms with van der Waals surface area (Å²) >= 11 is 0. The minimum atomic E-state index is -1.04. The second-order valence-electron chi connectivity index (χ2n) is 3.01. The summed E-state index contributed by atoms with van der Waals surface area (Å²) in [6, 6.07) is 5.08. The van der Waals surface area contributed by atoms with Crippen molar-refractivity contribution >= 4 is 0 Å². The van der Waals surface area contributed by atoms with Gasteiger partial charge in [-0.15, -0.1) is 0 Å². The molecule has 2 atom stereocenters. The number of pyridine rings is 1. The van der Waals surface area contributed by atoms with Crippen LogP contribution in [0.5, 0.6) is 0 Å². The summed E-state index contributed by atoms with van der Waals surface area (Å²) in [5, 5.41) is 22.4. The van der Waals surface area contributed by atoms with Crippen LogP contribution < -0.4 is 0 Å². The number of hydrogen-bond donors (Lipinski definition) is 2. The molecular weight excluding hydrogens is 196 g/mol. The summed E-state index contributed by atoms with van der Waals surface area (Å²) in [4.78, 5) is 6.47. The largest absolute Gasteiger partial charge is 0.390 e. The zero-order valence-corrected chi connectivity index (χ0v) is 8.06. The Labute approximate surface area is 86.8 Å². The van der Waals surface area contributed by atoms with Crippen LogP contribution in [0.3, 0.4) is 0 Å². The molecular formula is C9H12N4O2. The Kier molecular flexibility index (Phi) is 4.56. The van der Waals surface area contributed by atoms with Crippen molar-refractivity contribution in [1.29, 1.82) is 0 Å². The molecule has 2 unspecified atom stereocenters. The van der Waals surface area contributed by atoms with Crippen LogP contribution in [0.25, 0.3) is 10.4 Å². The summed E-state index contributed by atoms with van der Waals surface area (Å²) in [5.74, 6) is 0. The van der Waals surface area contributed by atoms with Gasteiger partial charge in [0, 0.05) is 17.7 Å². The van der Waals surface area contributed by atoms with Crippen molar-refractivity contribution in [3.8, 4) is 0 Å². The second kappa shape index (κ2) is 5.98. The van der Waals surface area contributed by atoms with Crippen molar-refractivity contribution in [2.75, 3.05) is 6.54 Å². The molecule has 15 heavy (non-hydrogen) atoms. The van der Waals surface area contributed by atoms with Crippen LogP contribution in [-0.2, 0) is 0 Å². The van der Waals surface area contributed by atoms with E-state index in [1.54, 1.807) is 24.4 Å². The molecule has 0 aliphatic heterocycles. The molecule has 6 heteroatoms. The summed E-state index contributed by atoms with van der Waals surface area (Å²) in [5.41, 5.74) is 8.44. The van der Waals surface area contributed by atoms with E-state index in [1.807, 2.05) is 0 Å². The third kappa shape index (κ3) is 3.55. The van der Waals surface area contributed by atoms with Crippen LogP contribution in [0.15, 0.2) is 29.5 Å². The zero-order chi connectivity index (χ0) is 11.1. The predicted molar refractivity (Wildman–Crippen MR) is 53.8 cm³/mol. The molecule has 1 aromatic rings. The number of rotatable bonds is 5. The van der Waals surface area contributed by atoms with E-state index < -0.39 is 12.2 Å². The van der Waals surface area contributed by atoms with Gasteiger partial charge in [-0.3, -0.25) is 4.98 Å². The first-order valence-corrected chi connectivity index (χ1v) is 4.53. The van der Waals surface area contributed by atoms with Gasteiger partial charge in [0.2, 0.25) is 0 Å². The van der Waals surface area contributed by atoms with E-state index in [1.165, 1.54) is 0 Å². The molecule has 0 aliphatic rings. The Morgan fingerprint density at radius 1 is 1.47 bits per heavy atom. The highest BCUT2D eigenvalue weighted by molar-refractivity contribution is 5.07. The molecule has 0 aromatic carbocycles. The van der Waals surface area contributed by atoms with E-state index in [0.29, 0.717) is 5.69 Å². The highest BCUT2D eigenvalue weighted by Gasteiger charge is 2.18. The van der Waals surface area contributed by atoms with E-state index in [0.717, 1.165) is 0 Å². The maximum atomic E-state index is 9.64. The summed E-state index contributed by atoms with van der Waals surface area (Å²) in [6.07, 6.45) is -0.258. The number of hydrogen-bond acceptors (Lipinski definition) is 4. The molecule has 0 saturated heterocycles. The molecule has 0 saturated carbocycles. The van der Waals surface area contributed by atoms with Crippen molar-refractivity contribution in [3.05, 3.63) is 40.5 Å². The van der Waals surface area contributed by atoms with E-state index in [2.05, 4.69) is 15.0 Å². The lowest BCUT2D eigenvalue weighted by atomic mass is 10.1. The van der Waals surface area contributed by atoms with Crippen molar-refractivity contribution < 1.29 is 10.2 Å². The van der Waals surface area contributed by atoms with Gasteiger partial charge in [0.25, 0.3) is 0 Å². The van der Waals surface area contributed by atoms with Gasteiger partial charge in [0.15, 0.2) is 0 Å². The lowest BCUT2D eigenvalue weighted by molar-refractivity contribution is 0.0125. The van der Waals surface area contributed by atoms with Crippen molar-refractivity contribution in [2.45, 2.75) is 18.6 Å². The van der Waals surface area contributed by atoms with Crippen LogP contribution in [-0.4, -0.2) is 27.8 Å². The Bertz CT molecular complexity index is 337. The fraction of sp³-hybridized carbons (Fsp3) is 0.444. The van der Waals surface area contributed by atoms with E-state index in [9.17, 15) is 10.2 Å². The Morgan fingerprint density at radius 2 is 2.27 bits per heavy atom. The molecule has 0 fully saturated rings. The van der Waals surface area contributed by atoms with Crippen LogP contribution >= 0.6 is 0 Å². The van der Waals surface area contributed by atoms with Gasteiger partial charge in [-0.25, -0.2) is 0 Å². The molecule has 80 valence electrons. The molecule has 0 aliphatic carbocycles. The van der Waals surface area contributed by atoms with E-state index in [4.69, 9.17) is 5.53 Å². The van der Waals surface area contributed by atoms with Gasteiger partial charge in [0.1, 0.15) is 6.10 Å². The van der Waals surface area contributed by atoms with Crippen molar-refractivity contribution in [2.24, 2.45) is 5.11 Å². The van der Waals surface area contributed by atoms with Crippen molar-refractivity contribution in [3.63, 3.8) is 0 Å². The zero-order valence-electron chi connectivity index (χ0n) is 8.06. The Morgan fingerprint density at radius 3 is 2.87 bits per heavy atom. The standard InChI is InChI=1S/C9H12N4O2/c10-13-12-6-4-8(14)9(15)7-3-1-2-5-11-7/h1-3,5,8-9,14-15H,4,6H2. The van der Waals surface area contributed by atoms with Gasteiger partial charge < -0.3 is 10.2 Å². The molecule has 0 spiro atoms. The topological polar surface area (TPSA) is 102 Å². The monoisotopic (exact) mass is 208 g/mol. The number of aromatic nitrogens is 1. The normalized spacial score (nSPS) is 14.0. The average Bonchev–Trinajstić information content (AvgIpc) is 2.29. The highest BCUT2D eigenvalue weighted by atomic mass is 16.3. The third-order valence-corrected chi connectivity index (χ3v) is 1.94. The lowest BCUT2D eigenvalue weighted by Gasteiger charge is -2.15. The summed E-state index contributed by atoms with van der Waals surface area (Å²) < 4.78 is 0. The number of nitrogens with zero attached hydrogens (tertiary/aromatic N) is 4. The Hall–Kier alpha value is -1.62. The molecule has 0 radical (unpaired) electrons. The van der Waals surface area contributed by atoms with Crippen molar-refractivity contribution in [1.82, 2.24) is 4.98 Å². The molecule has 2 N–H and O–H groups in total. The molecule has 1 heterocycles. The molecule has 6 nitrogen and oxygen atoms in total. The van der Waals surface area contributed by atoms with Crippen LogP contribution in [0.2, 0.25) is 0 Å². The van der Waals surface area contributed by atoms with Gasteiger partial charge in [0.05, 0.1) is 11.8 Å². The maximum Gasteiger partial charge on any atom is 0.122 e. The summed E-state index contributed by atoms with van der Waals surface area (Å²) in [6.45, 7) is 0.154. The SMILES string of the molecule is [N-]=[N+]=NCCC(O)C(O)c1ccccn1. The first-order chi connectivity index (χ1) is 7.25. The maximum absolute atomic E-state index is 9.64. The first kappa shape index (κ1) is 11.5. The number of aliphatic hydroxyl groups is 2. The minimum absolute atomic E-state index is 0.154. The fourth-order valence-corrected chi connectivity index (χ4v) is 1.14. The predicted octanol–water partition coefficient (Wildman–Crippen LogP) is 1.18. The second-order valence-corrected chi connectivity index (χ2v) is 3.01. The molecule has 1 aromatic heterocycles. The number of azide groups is 1. The number of aliphatic hydroxyl groups excluding tert-OH is 2. The van der Waals surface area contributed by atoms with Gasteiger partial charge in [-0.1, -0.05) is 11.2 Å². The minimum Gasteiger partial charge on any atom is -0.390 e. The van der Waals surface area contributed by atoms with E-state index >= 15 is 0 Å². The lowest BCUT2D eigenvalue weighted by Crippen LogP contribution is -2.19. The first-order valence-electron chi connectivity index (χ1n) is 4.53. The Balaban J connectivity index is 2.53. The third-order valence-electron chi connectivity index (χ3n) is 1.94. The summed E-state index contributed by atoms with van der Waals surface area (Å²) in [7, 11) is 0. The highest BCUT2D eigenvalue weighted by Crippen LogP contribution is 2.16. The van der Waals surface area contributed by atoms with Crippen LogP contribution in [0.4, 0.5) is 0 Å². The van der Waals surface area contributed by atoms with Gasteiger partial charge in [-0.2, -0.15) is 0 Å². The molecule has 0 amide bonds. The van der Waals surface area contributed by atoms with Gasteiger partial charge in [-0.05, 0) is 24.1 Å². The van der Waals surface area contributed by atoms with Crippen LogP contribution in [0.1, 0.15) is 18.2 Å². The van der Waals surface area contributed by atoms with E-state index in [-0.39, 0.29) is 13.0 Å². The average molecular weight is 208 g/mol. The molecule has 0 bridgehead atoms. The fourth-order valence-electron chi connectivity index (χ4n) is 1.14. The van der Waals surface area contributed by atoms with Gasteiger partial charge >= 0.3 is 0 Å². The molecule has 1 rings (SSSR count). The van der Waals surface area contributed by atoms with Crippen LogP contribution in [0, 0.1) is 0 Å².